The summed E-state index contributed by atoms with van der Waals surface area (Å²) in [4.78, 5) is 4.56. The van der Waals surface area contributed by atoms with Crippen LogP contribution in [0.25, 0.3) is 22.3 Å². The van der Waals surface area contributed by atoms with Gasteiger partial charge in [-0.1, -0.05) is 30.3 Å². The van der Waals surface area contributed by atoms with Gasteiger partial charge in [-0.2, -0.15) is 5.10 Å². The zero-order valence-corrected chi connectivity index (χ0v) is 20.9. The molecule has 2 aromatic carbocycles. The second kappa shape index (κ2) is 7.44. The molecule has 0 radical (unpaired) electrons. The normalized spacial score (nSPS) is 22.3. The Hall–Kier alpha value is -3.67. The molecule has 2 atom stereocenters. The van der Waals surface area contributed by atoms with E-state index < -0.39 is 6.10 Å². The topological polar surface area (TPSA) is 66.0 Å². The summed E-state index contributed by atoms with van der Waals surface area (Å²) < 4.78 is 23.4. The highest BCUT2D eigenvalue weighted by atomic mass is 19.1. The second-order valence-electron chi connectivity index (χ2n) is 11.4. The van der Waals surface area contributed by atoms with Crippen LogP contribution < -0.4 is 10.5 Å². The minimum absolute atomic E-state index is 0.101. The third kappa shape index (κ3) is 3.20. The number of nitrogens with zero attached hydrogens (tertiary/aromatic N) is 3. The molecule has 5 nitrogen and oxygen atoms in total. The minimum atomic E-state index is -0.413. The van der Waals surface area contributed by atoms with Gasteiger partial charge in [-0.15, -0.1) is 0 Å². The molecule has 6 heteroatoms. The molecule has 8 rings (SSSR count). The Kier molecular flexibility index (Phi) is 4.30. The van der Waals surface area contributed by atoms with Gasteiger partial charge in [0.25, 0.3) is 0 Å². The van der Waals surface area contributed by atoms with Gasteiger partial charge in [0.15, 0.2) is 11.6 Å². The fourth-order valence-corrected chi connectivity index (χ4v) is 6.70. The molecular weight excluding hydrogens is 463 g/mol. The van der Waals surface area contributed by atoms with Crippen LogP contribution in [-0.2, 0) is 12.0 Å². The quantitative estimate of drug-likeness (QED) is 0.336. The molecule has 0 amide bonds. The van der Waals surface area contributed by atoms with Crippen molar-refractivity contribution < 1.29 is 9.13 Å². The van der Waals surface area contributed by atoms with Crippen molar-refractivity contribution in [2.24, 2.45) is 5.92 Å². The number of rotatable bonds is 2. The largest absolute Gasteiger partial charge is 0.482 e. The van der Waals surface area contributed by atoms with E-state index in [0.717, 1.165) is 47.9 Å². The number of hydrogen-bond donors (Lipinski definition) is 1. The average molecular weight is 493 g/mol. The van der Waals surface area contributed by atoms with Gasteiger partial charge in [0.1, 0.15) is 11.9 Å². The van der Waals surface area contributed by atoms with E-state index in [4.69, 9.17) is 15.6 Å². The zero-order chi connectivity index (χ0) is 24.9. The number of halogens is 1. The number of nitrogen functional groups attached to an aromatic ring is 1. The van der Waals surface area contributed by atoms with Crippen molar-refractivity contribution in [3.8, 4) is 28.0 Å². The molecule has 4 heterocycles. The predicted octanol–water partition coefficient (Wildman–Crippen LogP) is 6.76. The molecule has 2 saturated carbocycles. The Balaban J connectivity index is 1.45. The van der Waals surface area contributed by atoms with Gasteiger partial charge in [-0.05, 0) is 86.3 Å². The summed E-state index contributed by atoms with van der Waals surface area (Å²) in [5.74, 6) is 1.51. The highest BCUT2D eigenvalue weighted by Gasteiger charge is 2.55. The molecule has 2 fully saturated rings. The maximum Gasteiger partial charge on any atom is 0.166 e. The van der Waals surface area contributed by atoms with Gasteiger partial charge >= 0.3 is 0 Å². The Labute approximate surface area is 215 Å². The van der Waals surface area contributed by atoms with Crippen LogP contribution in [-0.4, -0.2) is 14.8 Å². The van der Waals surface area contributed by atoms with E-state index in [-0.39, 0.29) is 17.3 Å². The third-order valence-electron chi connectivity index (χ3n) is 8.92. The fourth-order valence-electron chi connectivity index (χ4n) is 6.70. The van der Waals surface area contributed by atoms with Gasteiger partial charge in [0.2, 0.25) is 0 Å². The Bertz CT molecular complexity index is 1580. The van der Waals surface area contributed by atoms with Crippen molar-refractivity contribution in [1.82, 2.24) is 14.8 Å². The van der Waals surface area contributed by atoms with E-state index in [1.54, 1.807) is 12.1 Å². The zero-order valence-electron chi connectivity index (χ0n) is 20.9. The van der Waals surface area contributed by atoms with Gasteiger partial charge in [0.05, 0.1) is 16.9 Å². The molecule has 0 saturated heterocycles. The standard InChI is InChI=1S/C31H29FN4O/c1-17-24-14-20(32)8-9-23(24)21-4-2-3-5-22(21)25-15-31(10-11-31)36-29(25)28(26(35-36)12-18-6-7-18)19-13-27(37-17)30(33)34-16-19/h2-5,8-9,13-14,16-18,25H,6-7,10-12,15H2,1H3,(H2,33,34)/t17-,25?/m1/s1. The van der Waals surface area contributed by atoms with Crippen LogP contribution in [0.15, 0.2) is 54.7 Å². The molecule has 2 aliphatic carbocycles. The molecule has 2 aromatic heterocycles. The molecule has 4 aromatic rings. The Morgan fingerprint density at radius 2 is 1.89 bits per heavy atom. The number of benzene rings is 2. The van der Waals surface area contributed by atoms with Gasteiger partial charge in [-0.25, -0.2) is 9.37 Å². The molecule has 186 valence electrons. The SMILES string of the molecule is C[C@H]1Oc2cc(cnc2N)-c2c(CC3CC3)nn3c2C(CC32CC2)c2ccccc2-c2ccc(F)cc21. The Morgan fingerprint density at radius 1 is 1.08 bits per heavy atom. The van der Waals surface area contributed by atoms with Crippen LogP contribution in [0.2, 0.25) is 0 Å². The number of aromatic nitrogens is 3. The van der Waals surface area contributed by atoms with Crippen molar-refractivity contribution in [3.05, 3.63) is 83.1 Å². The number of anilines is 1. The van der Waals surface area contributed by atoms with Gasteiger partial charge in [0, 0.05) is 28.8 Å². The number of pyridine rings is 1. The lowest BCUT2D eigenvalue weighted by molar-refractivity contribution is 0.228. The van der Waals surface area contributed by atoms with Crippen LogP contribution in [0.4, 0.5) is 10.2 Å². The van der Waals surface area contributed by atoms with Gasteiger partial charge in [-0.3, -0.25) is 4.68 Å². The molecule has 37 heavy (non-hydrogen) atoms. The summed E-state index contributed by atoms with van der Waals surface area (Å²) >= 11 is 0. The minimum Gasteiger partial charge on any atom is -0.482 e. The molecule has 2 aliphatic heterocycles. The predicted molar refractivity (Wildman–Crippen MR) is 141 cm³/mol. The molecule has 2 N–H and O–H groups in total. The highest BCUT2D eigenvalue weighted by Crippen LogP contribution is 2.61. The van der Waals surface area contributed by atoms with Gasteiger partial charge < -0.3 is 10.5 Å². The molecule has 1 spiro atoms. The first-order valence-electron chi connectivity index (χ1n) is 13.4. The lowest BCUT2D eigenvalue weighted by atomic mass is 9.82. The van der Waals surface area contributed by atoms with Crippen molar-refractivity contribution in [2.45, 2.75) is 63.0 Å². The van der Waals surface area contributed by atoms with E-state index >= 15 is 0 Å². The first kappa shape index (κ1) is 21.4. The lowest BCUT2D eigenvalue weighted by Gasteiger charge is -2.24. The van der Waals surface area contributed by atoms with Crippen molar-refractivity contribution >= 4 is 5.82 Å². The van der Waals surface area contributed by atoms with Crippen LogP contribution in [0.1, 0.15) is 73.6 Å². The van der Waals surface area contributed by atoms with Crippen LogP contribution in [0, 0.1) is 11.7 Å². The monoisotopic (exact) mass is 492 g/mol. The summed E-state index contributed by atoms with van der Waals surface area (Å²) in [5, 5.41) is 5.33. The smallest absolute Gasteiger partial charge is 0.166 e. The summed E-state index contributed by atoms with van der Waals surface area (Å²) in [6.45, 7) is 1.95. The summed E-state index contributed by atoms with van der Waals surface area (Å²) in [6.07, 6.45) is 8.38. The van der Waals surface area contributed by atoms with E-state index in [1.807, 2.05) is 25.3 Å². The van der Waals surface area contributed by atoms with E-state index in [1.165, 1.54) is 35.4 Å². The summed E-state index contributed by atoms with van der Waals surface area (Å²) in [7, 11) is 0. The van der Waals surface area contributed by atoms with Crippen LogP contribution >= 0.6 is 0 Å². The van der Waals surface area contributed by atoms with E-state index in [0.29, 0.717) is 17.5 Å². The average Bonchev–Trinajstić information content (AvgIpc) is 3.80. The van der Waals surface area contributed by atoms with E-state index in [9.17, 15) is 4.39 Å². The fraction of sp³-hybridized carbons (Fsp3) is 0.355. The molecule has 1 unspecified atom stereocenters. The lowest BCUT2D eigenvalue weighted by Crippen LogP contribution is -2.13. The number of hydrogen-bond acceptors (Lipinski definition) is 4. The van der Waals surface area contributed by atoms with Crippen LogP contribution in [0.3, 0.4) is 0 Å². The number of fused-ring (bicyclic) bond motifs is 8. The molecular formula is C31H29FN4O. The first-order chi connectivity index (χ1) is 18.0. The van der Waals surface area contributed by atoms with Crippen molar-refractivity contribution in [1.29, 1.82) is 0 Å². The molecule has 4 aliphatic rings. The Morgan fingerprint density at radius 3 is 2.70 bits per heavy atom. The summed E-state index contributed by atoms with van der Waals surface area (Å²) in [5.41, 5.74) is 15.3. The molecule has 2 bridgehead atoms. The highest BCUT2D eigenvalue weighted by molar-refractivity contribution is 5.77. The van der Waals surface area contributed by atoms with E-state index in [2.05, 4.69) is 33.9 Å². The number of nitrogens with two attached hydrogens (primary N) is 1. The summed E-state index contributed by atoms with van der Waals surface area (Å²) in [6, 6.07) is 15.7. The van der Waals surface area contributed by atoms with Crippen molar-refractivity contribution in [2.75, 3.05) is 5.73 Å². The van der Waals surface area contributed by atoms with Crippen molar-refractivity contribution in [3.63, 3.8) is 0 Å². The first-order valence-corrected chi connectivity index (χ1v) is 13.4. The second-order valence-corrected chi connectivity index (χ2v) is 11.4. The number of ether oxygens (including phenoxy) is 1. The maximum atomic E-state index is 14.6. The van der Waals surface area contributed by atoms with Crippen LogP contribution in [0.5, 0.6) is 5.75 Å². The maximum absolute atomic E-state index is 14.6. The third-order valence-corrected chi connectivity index (χ3v) is 8.92.